The number of nitrogens with one attached hydrogen (secondary N) is 2. The molecular weight excluding hydrogens is 526 g/mol. The minimum atomic E-state index is -4.93. The van der Waals surface area contributed by atoms with Crippen LogP contribution in [-0.2, 0) is 11.2 Å². The molecule has 0 aliphatic heterocycles. The second-order valence-corrected chi connectivity index (χ2v) is 8.17. The number of rotatable bonds is 8. The largest absolute Gasteiger partial charge is 0.573 e. The van der Waals surface area contributed by atoms with Crippen LogP contribution in [0.25, 0.3) is 11.1 Å². The summed E-state index contributed by atoms with van der Waals surface area (Å²) in [6.45, 7) is -0.505. The number of anilines is 1. The quantitative estimate of drug-likeness (QED) is 0.300. The Kier molecular flexibility index (Phi) is 8.62. The van der Waals surface area contributed by atoms with Crippen molar-refractivity contribution in [2.24, 2.45) is 0 Å². The molecule has 2 amide bonds. The van der Waals surface area contributed by atoms with Crippen molar-refractivity contribution in [3.8, 4) is 16.9 Å². The van der Waals surface area contributed by atoms with Crippen molar-refractivity contribution in [1.82, 2.24) is 10.3 Å². The van der Waals surface area contributed by atoms with Gasteiger partial charge in [-0.25, -0.2) is 4.79 Å². The molecule has 4 N–H and O–H groups in total. The number of carboxylic acid groups (broad SMARTS) is 1. The first-order valence-corrected chi connectivity index (χ1v) is 10.9. The monoisotopic (exact) mass is 543 g/mol. The Hall–Kier alpha value is -3.54. The summed E-state index contributed by atoms with van der Waals surface area (Å²) < 4.78 is 42.4. The van der Waals surface area contributed by atoms with Gasteiger partial charge in [0.1, 0.15) is 5.75 Å². The lowest BCUT2D eigenvalue weighted by Crippen LogP contribution is -2.34. The van der Waals surface area contributed by atoms with Crippen LogP contribution in [0.4, 0.5) is 23.7 Å². The summed E-state index contributed by atoms with van der Waals surface area (Å²) in [6, 6.07) is 9.22. The highest BCUT2D eigenvalue weighted by Gasteiger charge is 2.32. The molecule has 0 bridgehead atoms. The van der Waals surface area contributed by atoms with E-state index in [4.69, 9.17) is 28.3 Å². The molecule has 2 aromatic carbocycles. The standard InChI is InChI=1S/C23H18Cl2F3N3O5/c24-15-8-13(9-16(25)21(15)14-3-1-2-4-19(14)36-23(26,27)28)30-22(35)31-18(11-32)17-6-5-12(10-29-17)7-20(33)34/h1-6,8-10,18,32H,7,11H2,(H,33,34)(H2,30,31,35). The first kappa shape index (κ1) is 27.1. The van der Waals surface area contributed by atoms with Crippen LogP contribution >= 0.6 is 23.2 Å². The Morgan fingerprint density at radius 1 is 1.08 bits per heavy atom. The van der Waals surface area contributed by atoms with Crippen LogP contribution in [0.2, 0.25) is 10.0 Å². The highest BCUT2D eigenvalue weighted by molar-refractivity contribution is 6.40. The molecule has 3 aromatic rings. The number of aliphatic hydroxyl groups excluding tert-OH is 1. The molecule has 1 aromatic heterocycles. The third-order valence-electron chi connectivity index (χ3n) is 4.73. The fraction of sp³-hybridized carbons (Fsp3) is 0.174. The van der Waals surface area contributed by atoms with Crippen LogP contribution in [0.3, 0.4) is 0 Å². The van der Waals surface area contributed by atoms with Gasteiger partial charge in [0.05, 0.1) is 34.8 Å². The Morgan fingerprint density at radius 3 is 2.31 bits per heavy atom. The van der Waals surface area contributed by atoms with Crippen molar-refractivity contribution >= 4 is 40.9 Å². The molecule has 1 unspecified atom stereocenters. The number of aromatic nitrogens is 1. The molecule has 0 spiro atoms. The van der Waals surface area contributed by atoms with E-state index < -0.39 is 36.8 Å². The average Bonchev–Trinajstić information content (AvgIpc) is 2.77. The molecule has 0 saturated heterocycles. The number of nitrogens with zero attached hydrogens (tertiary/aromatic N) is 1. The lowest BCUT2D eigenvalue weighted by Gasteiger charge is -2.18. The normalized spacial score (nSPS) is 12.1. The number of carboxylic acids is 1. The zero-order valence-corrected chi connectivity index (χ0v) is 19.7. The van der Waals surface area contributed by atoms with Crippen LogP contribution in [-0.4, -0.2) is 40.2 Å². The zero-order chi connectivity index (χ0) is 26.5. The van der Waals surface area contributed by atoms with E-state index >= 15 is 0 Å². The number of hydrogen-bond acceptors (Lipinski definition) is 5. The van der Waals surface area contributed by atoms with Crippen LogP contribution in [0.5, 0.6) is 5.75 Å². The zero-order valence-electron chi connectivity index (χ0n) is 18.1. The van der Waals surface area contributed by atoms with Gasteiger partial charge >= 0.3 is 18.4 Å². The predicted molar refractivity (Wildman–Crippen MR) is 126 cm³/mol. The van der Waals surface area contributed by atoms with Crippen molar-refractivity contribution < 1.29 is 37.7 Å². The van der Waals surface area contributed by atoms with Gasteiger partial charge in [0.15, 0.2) is 0 Å². The molecule has 8 nitrogen and oxygen atoms in total. The molecule has 13 heteroatoms. The molecule has 0 aliphatic carbocycles. The molecule has 0 aliphatic rings. The number of hydrogen-bond donors (Lipinski definition) is 4. The number of pyridine rings is 1. The van der Waals surface area contributed by atoms with Gasteiger partial charge < -0.3 is 25.6 Å². The molecule has 3 rings (SSSR count). The van der Waals surface area contributed by atoms with Gasteiger partial charge in [0, 0.05) is 23.0 Å². The minimum absolute atomic E-state index is 0.00131. The SMILES string of the molecule is O=C(O)Cc1ccc(C(CO)NC(=O)Nc2cc(Cl)c(-c3ccccc3OC(F)(F)F)c(Cl)c2)nc1. The fourth-order valence-corrected chi connectivity index (χ4v) is 3.94. The van der Waals surface area contributed by atoms with E-state index in [1.54, 1.807) is 0 Å². The summed E-state index contributed by atoms with van der Waals surface area (Å²) >= 11 is 12.6. The van der Waals surface area contributed by atoms with Crippen molar-refractivity contribution in [2.75, 3.05) is 11.9 Å². The summed E-state index contributed by atoms with van der Waals surface area (Å²) in [5.41, 5.74) is 0.928. The third-order valence-corrected chi connectivity index (χ3v) is 5.33. The van der Waals surface area contributed by atoms with E-state index in [2.05, 4.69) is 20.4 Å². The number of alkyl halides is 3. The molecule has 1 atom stereocenters. The number of para-hydroxylation sites is 1. The molecule has 0 fully saturated rings. The lowest BCUT2D eigenvalue weighted by molar-refractivity contribution is -0.274. The Bertz CT molecular complexity index is 1230. The van der Waals surface area contributed by atoms with Crippen molar-refractivity contribution in [1.29, 1.82) is 0 Å². The van der Waals surface area contributed by atoms with Gasteiger partial charge in [-0.3, -0.25) is 9.78 Å². The predicted octanol–water partition coefficient (Wildman–Crippen LogP) is 5.44. The topological polar surface area (TPSA) is 121 Å². The van der Waals surface area contributed by atoms with E-state index in [0.29, 0.717) is 5.56 Å². The maximum Gasteiger partial charge on any atom is 0.573 e. The number of ether oxygens (including phenoxy) is 1. The van der Waals surface area contributed by atoms with Crippen LogP contribution in [0.15, 0.2) is 54.7 Å². The van der Waals surface area contributed by atoms with E-state index in [-0.39, 0.29) is 39.0 Å². The van der Waals surface area contributed by atoms with Crippen molar-refractivity contribution in [3.05, 3.63) is 76.0 Å². The Morgan fingerprint density at radius 2 is 1.75 bits per heavy atom. The second kappa shape index (κ2) is 11.5. The van der Waals surface area contributed by atoms with Crippen molar-refractivity contribution in [3.63, 3.8) is 0 Å². The number of urea groups is 1. The van der Waals surface area contributed by atoms with E-state index in [1.165, 1.54) is 48.7 Å². The highest BCUT2D eigenvalue weighted by Crippen LogP contribution is 2.42. The number of halogens is 5. The number of aliphatic carboxylic acids is 1. The van der Waals surface area contributed by atoms with Gasteiger partial charge in [0.25, 0.3) is 0 Å². The molecule has 36 heavy (non-hydrogen) atoms. The molecule has 0 saturated carbocycles. The van der Waals surface area contributed by atoms with E-state index in [0.717, 1.165) is 6.07 Å². The van der Waals surface area contributed by atoms with Gasteiger partial charge in [-0.1, -0.05) is 47.5 Å². The molecule has 190 valence electrons. The highest BCUT2D eigenvalue weighted by atomic mass is 35.5. The van der Waals surface area contributed by atoms with Gasteiger partial charge in [0.2, 0.25) is 0 Å². The number of aliphatic hydroxyl groups is 1. The van der Waals surface area contributed by atoms with E-state index in [1.807, 2.05) is 0 Å². The van der Waals surface area contributed by atoms with Gasteiger partial charge in [-0.05, 0) is 29.8 Å². The van der Waals surface area contributed by atoms with Crippen LogP contribution < -0.4 is 15.4 Å². The second-order valence-electron chi connectivity index (χ2n) is 7.35. The first-order valence-electron chi connectivity index (χ1n) is 10.2. The Balaban J connectivity index is 1.76. The van der Waals surface area contributed by atoms with Gasteiger partial charge in [-0.2, -0.15) is 0 Å². The van der Waals surface area contributed by atoms with Crippen molar-refractivity contribution in [2.45, 2.75) is 18.8 Å². The number of benzene rings is 2. The summed E-state index contributed by atoms with van der Waals surface area (Å²) in [5.74, 6) is -1.53. The number of carbonyl (C=O) groups excluding carboxylic acids is 1. The molecular formula is C23H18Cl2F3N3O5. The maximum atomic E-state index is 12.8. The minimum Gasteiger partial charge on any atom is -0.481 e. The third kappa shape index (κ3) is 7.23. The van der Waals surface area contributed by atoms with E-state index in [9.17, 15) is 27.9 Å². The summed E-state index contributed by atoms with van der Waals surface area (Å²) in [6.07, 6.45) is -3.83. The molecule has 1 heterocycles. The van der Waals surface area contributed by atoms with Gasteiger partial charge in [-0.15, -0.1) is 13.2 Å². The average molecular weight is 544 g/mol. The van der Waals surface area contributed by atoms with Crippen LogP contribution in [0, 0.1) is 0 Å². The summed E-state index contributed by atoms with van der Waals surface area (Å²) in [7, 11) is 0. The lowest BCUT2D eigenvalue weighted by atomic mass is 10.0. The maximum absolute atomic E-state index is 12.8. The fourth-order valence-electron chi connectivity index (χ4n) is 3.25. The summed E-state index contributed by atoms with van der Waals surface area (Å²) in [5, 5.41) is 23.4. The molecule has 0 radical (unpaired) electrons. The Labute approximate surface area is 212 Å². The summed E-state index contributed by atoms with van der Waals surface area (Å²) in [4.78, 5) is 27.3. The number of amides is 2. The first-order chi connectivity index (χ1) is 17.0. The smallest absolute Gasteiger partial charge is 0.481 e. The van der Waals surface area contributed by atoms with Crippen LogP contribution in [0.1, 0.15) is 17.3 Å². The number of carbonyl (C=O) groups is 2.